The average molecular weight is 541 g/mol. The van der Waals surface area contributed by atoms with E-state index in [1.165, 1.54) is 0 Å². The minimum absolute atomic E-state index is 0.0153. The number of unbranched alkanes of at least 4 members (excludes halogenated alkanes) is 2. The second kappa shape index (κ2) is 15.4. The summed E-state index contributed by atoms with van der Waals surface area (Å²) in [6.07, 6.45) is 2.99. The van der Waals surface area contributed by atoms with E-state index < -0.39 is 29.0 Å². The molecule has 1 saturated heterocycles. The third kappa shape index (κ3) is 14.7. The van der Waals surface area contributed by atoms with Crippen LogP contribution >= 0.6 is 0 Å². The van der Waals surface area contributed by atoms with Crippen molar-refractivity contribution in [3.63, 3.8) is 0 Å². The predicted molar refractivity (Wildman–Crippen MR) is 137 cm³/mol. The lowest BCUT2D eigenvalue weighted by Gasteiger charge is -2.23. The fourth-order valence-electron chi connectivity index (χ4n) is 3.64. The topological polar surface area (TPSA) is 137 Å². The molecule has 1 aliphatic rings. The summed E-state index contributed by atoms with van der Waals surface area (Å²) in [5, 5.41) is 0.492. The molecule has 1 rings (SSSR count). The van der Waals surface area contributed by atoms with Gasteiger partial charge in [-0.05, 0) is 73.6 Å². The van der Waals surface area contributed by atoms with Crippen molar-refractivity contribution in [2.45, 2.75) is 123 Å². The van der Waals surface area contributed by atoms with E-state index in [4.69, 9.17) is 14.3 Å². The molecule has 216 valence electrons. The molecule has 38 heavy (non-hydrogen) atoms. The molecule has 0 aromatic rings. The van der Waals surface area contributed by atoms with Crippen LogP contribution in [-0.2, 0) is 43.1 Å². The monoisotopic (exact) mass is 540 g/mol. The van der Waals surface area contributed by atoms with E-state index in [0.717, 1.165) is 0 Å². The smallest absolute Gasteiger partial charge is 0.333 e. The van der Waals surface area contributed by atoms with E-state index in [1.807, 2.05) is 0 Å². The van der Waals surface area contributed by atoms with Gasteiger partial charge in [-0.2, -0.15) is 0 Å². The first-order chi connectivity index (χ1) is 17.6. The van der Waals surface area contributed by atoms with Crippen LogP contribution in [0.15, 0.2) is 0 Å². The van der Waals surface area contributed by atoms with Crippen LogP contribution in [-0.4, -0.2) is 69.9 Å². The maximum Gasteiger partial charge on any atom is 0.333 e. The number of esters is 2. The van der Waals surface area contributed by atoms with Crippen LogP contribution in [0.2, 0.25) is 0 Å². The molecule has 0 bridgehead atoms. The van der Waals surface area contributed by atoms with Crippen molar-refractivity contribution in [1.29, 1.82) is 0 Å². The van der Waals surface area contributed by atoms with Gasteiger partial charge in [0, 0.05) is 51.6 Å². The van der Waals surface area contributed by atoms with Crippen LogP contribution in [0, 0.1) is 0 Å². The van der Waals surface area contributed by atoms with Gasteiger partial charge in [-0.15, -0.1) is 5.06 Å². The Labute approximate surface area is 225 Å². The SMILES string of the molecule is CC(C)(C)OC(=O)CCCCN(CCCCC(=O)OC(C)(C)C)C(=O)CCCC(=O)ON1C(=O)CCC1=O. The third-order valence-electron chi connectivity index (χ3n) is 5.28. The highest BCUT2D eigenvalue weighted by Gasteiger charge is 2.32. The van der Waals surface area contributed by atoms with Gasteiger partial charge in [-0.3, -0.25) is 24.0 Å². The van der Waals surface area contributed by atoms with Gasteiger partial charge < -0.3 is 19.2 Å². The third-order valence-corrected chi connectivity index (χ3v) is 5.28. The Balaban J connectivity index is 2.52. The largest absolute Gasteiger partial charge is 0.460 e. The van der Waals surface area contributed by atoms with Crippen molar-refractivity contribution in [2.75, 3.05) is 13.1 Å². The molecule has 0 unspecified atom stereocenters. The Morgan fingerprint density at radius 3 is 1.50 bits per heavy atom. The summed E-state index contributed by atoms with van der Waals surface area (Å²) in [5.74, 6) is -2.60. The molecule has 0 aliphatic carbocycles. The Kier molecular flexibility index (Phi) is 13.4. The lowest BCUT2D eigenvalue weighted by Crippen LogP contribution is -2.34. The Morgan fingerprint density at radius 2 is 1.08 bits per heavy atom. The molecule has 0 aromatic carbocycles. The zero-order valence-corrected chi connectivity index (χ0v) is 23.8. The van der Waals surface area contributed by atoms with Gasteiger partial charge in [0.1, 0.15) is 11.2 Å². The first-order valence-corrected chi connectivity index (χ1v) is 13.4. The molecule has 0 spiro atoms. The van der Waals surface area contributed by atoms with E-state index in [1.54, 1.807) is 46.4 Å². The van der Waals surface area contributed by atoms with Crippen molar-refractivity contribution in [1.82, 2.24) is 9.96 Å². The van der Waals surface area contributed by atoms with Crippen LogP contribution in [0.3, 0.4) is 0 Å². The lowest BCUT2D eigenvalue weighted by molar-refractivity contribution is -0.197. The summed E-state index contributed by atoms with van der Waals surface area (Å²) in [7, 11) is 0. The summed E-state index contributed by atoms with van der Waals surface area (Å²) in [6, 6.07) is 0. The van der Waals surface area contributed by atoms with Crippen LogP contribution in [0.25, 0.3) is 0 Å². The van der Waals surface area contributed by atoms with Gasteiger partial charge in [0.15, 0.2) is 0 Å². The van der Waals surface area contributed by atoms with Gasteiger partial charge in [0.25, 0.3) is 11.8 Å². The molecule has 0 N–H and O–H groups in total. The molecule has 0 radical (unpaired) electrons. The maximum atomic E-state index is 12.9. The van der Waals surface area contributed by atoms with Crippen molar-refractivity contribution in [3.05, 3.63) is 0 Å². The molecule has 11 heteroatoms. The summed E-state index contributed by atoms with van der Waals surface area (Å²) in [6.45, 7) is 11.7. The number of hydroxylamine groups is 2. The van der Waals surface area contributed by atoms with Crippen molar-refractivity contribution >= 4 is 35.6 Å². The second-order valence-electron chi connectivity index (χ2n) is 11.4. The number of carbonyl (C=O) groups excluding carboxylic acids is 6. The van der Waals surface area contributed by atoms with E-state index in [2.05, 4.69) is 0 Å². The Bertz CT molecular complexity index is 804. The van der Waals surface area contributed by atoms with E-state index in [0.29, 0.717) is 43.8 Å². The van der Waals surface area contributed by atoms with Gasteiger partial charge in [-0.25, -0.2) is 4.79 Å². The highest BCUT2D eigenvalue weighted by Crippen LogP contribution is 2.15. The fourth-order valence-corrected chi connectivity index (χ4v) is 3.64. The van der Waals surface area contributed by atoms with Crippen LogP contribution < -0.4 is 0 Å². The summed E-state index contributed by atoms with van der Waals surface area (Å²) < 4.78 is 10.6. The molecule has 1 fully saturated rings. The molecule has 1 heterocycles. The molecular weight excluding hydrogens is 496 g/mol. The quantitative estimate of drug-likeness (QED) is 0.173. The lowest BCUT2D eigenvalue weighted by atomic mass is 10.1. The number of hydrogen-bond donors (Lipinski definition) is 0. The Morgan fingerprint density at radius 1 is 0.658 bits per heavy atom. The second-order valence-corrected chi connectivity index (χ2v) is 11.4. The van der Waals surface area contributed by atoms with Gasteiger partial charge in [0.05, 0.1) is 0 Å². The molecule has 0 saturated carbocycles. The van der Waals surface area contributed by atoms with E-state index in [-0.39, 0.29) is 62.8 Å². The summed E-state index contributed by atoms with van der Waals surface area (Å²) >= 11 is 0. The molecule has 0 atom stereocenters. The number of imide groups is 1. The first kappa shape index (κ1) is 33.0. The van der Waals surface area contributed by atoms with Gasteiger partial charge in [-0.1, -0.05) is 0 Å². The molecule has 0 aromatic heterocycles. The summed E-state index contributed by atoms with van der Waals surface area (Å²) in [4.78, 5) is 78.4. The number of rotatable bonds is 15. The zero-order chi connectivity index (χ0) is 28.9. The van der Waals surface area contributed by atoms with E-state index in [9.17, 15) is 28.8 Å². The fraction of sp³-hybridized carbons (Fsp3) is 0.778. The average Bonchev–Trinajstić information content (AvgIpc) is 3.07. The van der Waals surface area contributed by atoms with Crippen molar-refractivity contribution in [2.24, 2.45) is 0 Å². The molecule has 1 aliphatic heterocycles. The summed E-state index contributed by atoms with van der Waals surface area (Å²) in [5.41, 5.74) is -1.10. The number of amides is 3. The standard InChI is InChI=1S/C27H44N2O9/c1-26(2,3)36-23(33)13-7-9-18-28(19-10-8-14-24(34)37-27(4,5)6)20(30)12-11-15-25(35)38-29-21(31)16-17-22(29)32/h7-19H2,1-6H3. The van der Waals surface area contributed by atoms with Crippen LogP contribution in [0.1, 0.15) is 112 Å². The minimum atomic E-state index is -0.748. The number of carbonyl (C=O) groups is 6. The van der Waals surface area contributed by atoms with Crippen molar-refractivity contribution in [3.8, 4) is 0 Å². The minimum Gasteiger partial charge on any atom is -0.460 e. The zero-order valence-electron chi connectivity index (χ0n) is 23.8. The highest BCUT2D eigenvalue weighted by atomic mass is 16.7. The van der Waals surface area contributed by atoms with Crippen LogP contribution in [0.4, 0.5) is 0 Å². The van der Waals surface area contributed by atoms with Gasteiger partial charge in [0.2, 0.25) is 5.91 Å². The Hall–Kier alpha value is -2.98. The number of ether oxygens (including phenoxy) is 2. The highest BCUT2D eigenvalue weighted by molar-refractivity contribution is 6.01. The molecule has 3 amide bonds. The van der Waals surface area contributed by atoms with Gasteiger partial charge >= 0.3 is 17.9 Å². The molecule has 11 nitrogen and oxygen atoms in total. The van der Waals surface area contributed by atoms with Crippen LogP contribution in [0.5, 0.6) is 0 Å². The van der Waals surface area contributed by atoms with Crippen molar-refractivity contribution < 1.29 is 43.1 Å². The normalized spacial score (nSPS) is 13.9. The maximum absolute atomic E-state index is 12.9. The number of hydrogen-bond acceptors (Lipinski definition) is 9. The molecular formula is C27H44N2O9. The first-order valence-electron chi connectivity index (χ1n) is 13.4. The van der Waals surface area contributed by atoms with E-state index >= 15 is 0 Å². The predicted octanol–water partition coefficient (Wildman–Crippen LogP) is 3.62. The number of nitrogens with zero attached hydrogens (tertiary/aromatic N) is 2.